The Morgan fingerprint density at radius 2 is 1.81 bits per heavy atom. The second kappa shape index (κ2) is 8.68. The molecule has 2 aromatic rings. The highest BCUT2D eigenvalue weighted by Crippen LogP contribution is 2.39. The summed E-state index contributed by atoms with van der Waals surface area (Å²) in [5.41, 5.74) is 2.02. The van der Waals surface area contributed by atoms with Crippen LogP contribution in [0.25, 0.3) is 0 Å². The van der Waals surface area contributed by atoms with E-state index in [-0.39, 0.29) is 11.9 Å². The normalized spacial score (nSPS) is 17.9. The van der Waals surface area contributed by atoms with Crippen LogP contribution in [0, 0.1) is 0 Å². The van der Waals surface area contributed by atoms with Crippen molar-refractivity contribution in [3.05, 3.63) is 65.7 Å². The monoisotopic (exact) mass is 367 g/mol. The topological polar surface area (TPSA) is 70.7 Å². The summed E-state index contributed by atoms with van der Waals surface area (Å²) in [4.78, 5) is 26.8. The molecule has 142 valence electrons. The van der Waals surface area contributed by atoms with Crippen molar-refractivity contribution in [2.75, 3.05) is 20.7 Å². The van der Waals surface area contributed by atoms with Gasteiger partial charge in [0.1, 0.15) is 11.8 Å². The van der Waals surface area contributed by atoms with Crippen LogP contribution >= 0.6 is 0 Å². The Morgan fingerprint density at radius 1 is 1.11 bits per heavy atom. The van der Waals surface area contributed by atoms with Gasteiger partial charge in [-0.15, -0.1) is 0 Å². The predicted octanol–water partition coefficient (Wildman–Crippen LogP) is 3.03. The van der Waals surface area contributed by atoms with Crippen LogP contribution in [0.4, 0.5) is 4.79 Å². The van der Waals surface area contributed by atoms with Crippen LogP contribution in [0.3, 0.4) is 0 Å². The molecule has 1 saturated heterocycles. The third-order valence-electron chi connectivity index (χ3n) is 4.95. The van der Waals surface area contributed by atoms with E-state index < -0.39 is 12.1 Å². The molecule has 1 aliphatic heterocycles. The van der Waals surface area contributed by atoms with Gasteiger partial charge in [0.2, 0.25) is 5.91 Å². The maximum Gasteiger partial charge on any atom is 0.321 e. The van der Waals surface area contributed by atoms with Crippen molar-refractivity contribution in [1.82, 2.24) is 15.5 Å². The molecule has 1 fully saturated rings. The lowest BCUT2D eigenvalue weighted by molar-refractivity contribution is -0.126. The van der Waals surface area contributed by atoms with E-state index >= 15 is 0 Å². The number of methoxy groups -OCH3 is 1. The number of urea groups is 1. The molecule has 3 rings (SSSR count). The van der Waals surface area contributed by atoms with Gasteiger partial charge in [0.05, 0.1) is 7.11 Å². The average Bonchev–Trinajstić information content (AvgIpc) is 3.18. The minimum Gasteiger partial charge on any atom is -0.497 e. The molecule has 0 aromatic heterocycles. The first kappa shape index (κ1) is 18.9. The van der Waals surface area contributed by atoms with Gasteiger partial charge in [-0.2, -0.15) is 0 Å². The SMILES string of the molecule is CNC(=O)NC(=O)[C@@H](c1ccccc1)N1CCC[C@@H]1c1ccc(OC)cc1. The van der Waals surface area contributed by atoms with E-state index in [1.807, 2.05) is 54.6 Å². The standard InChI is InChI=1S/C21H25N3O3/c1-22-21(26)23-20(25)19(16-7-4-3-5-8-16)24-14-6-9-18(24)15-10-12-17(27-2)13-11-15/h3-5,7-8,10-13,18-19H,6,9,14H2,1-2H3,(H2,22,23,25,26)/t18-,19-/m1/s1. The number of benzene rings is 2. The van der Waals surface area contributed by atoms with Crippen LogP contribution in [-0.4, -0.2) is 37.5 Å². The van der Waals surface area contributed by atoms with Gasteiger partial charge in [0, 0.05) is 13.1 Å². The number of nitrogens with one attached hydrogen (secondary N) is 2. The number of imide groups is 1. The lowest BCUT2D eigenvalue weighted by Crippen LogP contribution is -2.45. The molecule has 0 radical (unpaired) electrons. The summed E-state index contributed by atoms with van der Waals surface area (Å²) in [7, 11) is 3.14. The number of amides is 3. The smallest absolute Gasteiger partial charge is 0.321 e. The highest BCUT2D eigenvalue weighted by atomic mass is 16.5. The van der Waals surface area contributed by atoms with Crippen molar-refractivity contribution in [2.24, 2.45) is 0 Å². The minimum absolute atomic E-state index is 0.108. The highest BCUT2D eigenvalue weighted by Gasteiger charge is 2.37. The number of hydrogen-bond acceptors (Lipinski definition) is 4. The zero-order valence-electron chi connectivity index (χ0n) is 15.6. The lowest BCUT2D eigenvalue weighted by Gasteiger charge is -2.32. The zero-order valence-corrected chi connectivity index (χ0v) is 15.6. The van der Waals surface area contributed by atoms with Gasteiger partial charge >= 0.3 is 6.03 Å². The molecule has 1 heterocycles. The van der Waals surface area contributed by atoms with Gasteiger partial charge in [-0.3, -0.25) is 15.0 Å². The van der Waals surface area contributed by atoms with Crippen molar-refractivity contribution >= 4 is 11.9 Å². The molecule has 2 atom stereocenters. The Balaban J connectivity index is 1.92. The van der Waals surface area contributed by atoms with E-state index in [1.54, 1.807) is 7.11 Å². The molecule has 3 amide bonds. The quantitative estimate of drug-likeness (QED) is 0.852. The van der Waals surface area contributed by atoms with E-state index in [0.29, 0.717) is 0 Å². The number of likely N-dealkylation sites (tertiary alicyclic amines) is 1. The van der Waals surface area contributed by atoms with Crippen molar-refractivity contribution < 1.29 is 14.3 Å². The van der Waals surface area contributed by atoms with Crippen molar-refractivity contribution in [3.8, 4) is 5.75 Å². The van der Waals surface area contributed by atoms with Crippen molar-refractivity contribution in [3.63, 3.8) is 0 Å². The van der Waals surface area contributed by atoms with Crippen LogP contribution in [0.2, 0.25) is 0 Å². The minimum atomic E-state index is -0.530. The third-order valence-corrected chi connectivity index (χ3v) is 4.95. The first-order valence-corrected chi connectivity index (χ1v) is 9.11. The zero-order chi connectivity index (χ0) is 19.2. The van der Waals surface area contributed by atoms with E-state index in [2.05, 4.69) is 15.5 Å². The Bertz CT molecular complexity index is 777. The Kier molecular flexibility index (Phi) is 6.08. The first-order valence-electron chi connectivity index (χ1n) is 9.11. The molecule has 6 heteroatoms. The lowest BCUT2D eigenvalue weighted by atomic mass is 9.99. The molecule has 0 unspecified atom stereocenters. The number of carbonyl (C=O) groups is 2. The number of rotatable bonds is 5. The van der Waals surface area contributed by atoms with Crippen LogP contribution in [0.5, 0.6) is 5.75 Å². The summed E-state index contributed by atoms with van der Waals surface area (Å²) >= 11 is 0. The Labute approximate surface area is 159 Å². The van der Waals surface area contributed by atoms with Crippen molar-refractivity contribution in [1.29, 1.82) is 0 Å². The van der Waals surface area contributed by atoms with Gasteiger partial charge in [0.15, 0.2) is 0 Å². The number of ether oxygens (including phenoxy) is 1. The van der Waals surface area contributed by atoms with Crippen LogP contribution in [0.1, 0.15) is 36.1 Å². The molecule has 2 aromatic carbocycles. The summed E-state index contributed by atoms with van der Waals surface area (Å²) < 4.78 is 5.25. The average molecular weight is 367 g/mol. The van der Waals surface area contributed by atoms with Crippen molar-refractivity contribution in [2.45, 2.75) is 24.9 Å². The van der Waals surface area contributed by atoms with E-state index in [9.17, 15) is 9.59 Å². The Morgan fingerprint density at radius 3 is 2.44 bits per heavy atom. The van der Waals surface area contributed by atoms with Crippen LogP contribution in [-0.2, 0) is 4.79 Å². The maximum atomic E-state index is 12.9. The highest BCUT2D eigenvalue weighted by molar-refractivity contribution is 5.97. The second-order valence-electron chi connectivity index (χ2n) is 6.55. The third kappa shape index (κ3) is 4.28. The molecular weight excluding hydrogens is 342 g/mol. The molecule has 2 N–H and O–H groups in total. The molecule has 0 aliphatic carbocycles. The summed E-state index contributed by atoms with van der Waals surface area (Å²) in [6.45, 7) is 0.789. The summed E-state index contributed by atoms with van der Waals surface area (Å²) in [6.07, 6.45) is 1.95. The van der Waals surface area contributed by atoms with Crippen LogP contribution < -0.4 is 15.4 Å². The van der Waals surface area contributed by atoms with E-state index in [0.717, 1.165) is 36.3 Å². The molecule has 0 spiro atoms. The molecule has 0 saturated carbocycles. The summed E-state index contributed by atoms with van der Waals surface area (Å²) in [5.74, 6) is 0.487. The van der Waals surface area contributed by atoms with E-state index in [4.69, 9.17) is 4.74 Å². The van der Waals surface area contributed by atoms with Crippen LogP contribution in [0.15, 0.2) is 54.6 Å². The first-order chi connectivity index (χ1) is 13.1. The molecular formula is C21H25N3O3. The summed E-state index contributed by atoms with van der Waals surface area (Å²) in [5, 5.41) is 4.89. The fraction of sp³-hybridized carbons (Fsp3) is 0.333. The van der Waals surface area contributed by atoms with Gasteiger partial charge in [0.25, 0.3) is 0 Å². The molecule has 6 nitrogen and oxygen atoms in total. The van der Waals surface area contributed by atoms with Gasteiger partial charge in [-0.25, -0.2) is 4.79 Å². The van der Waals surface area contributed by atoms with E-state index in [1.165, 1.54) is 7.05 Å². The number of carbonyl (C=O) groups excluding carboxylic acids is 2. The maximum absolute atomic E-state index is 12.9. The van der Waals surface area contributed by atoms with Gasteiger partial charge < -0.3 is 10.1 Å². The fourth-order valence-electron chi connectivity index (χ4n) is 3.65. The molecule has 1 aliphatic rings. The second-order valence-corrected chi connectivity index (χ2v) is 6.55. The fourth-order valence-corrected chi connectivity index (χ4v) is 3.65. The molecule has 27 heavy (non-hydrogen) atoms. The number of hydrogen-bond donors (Lipinski definition) is 2. The van der Waals surface area contributed by atoms with Gasteiger partial charge in [-0.05, 0) is 42.6 Å². The largest absolute Gasteiger partial charge is 0.497 e. The van der Waals surface area contributed by atoms with Gasteiger partial charge in [-0.1, -0.05) is 42.5 Å². The summed E-state index contributed by atoms with van der Waals surface area (Å²) in [6, 6.07) is 16.6. The number of nitrogens with zero attached hydrogens (tertiary/aromatic N) is 1. The predicted molar refractivity (Wildman–Crippen MR) is 103 cm³/mol. The Hall–Kier alpha value is -2.86. The molecule has 0 bridgehead atoms.